The maximum Gasteiger partial charge on any atom is 0.306 e. The molecule has 1 aromatic heterocycles. The van der Waals surface area contributed by atoms with Crippen LogP contribution in [0.25, 0.3) is 0 Å². The largest absolute Gasteiger partial charge is 0.466 e. The summed E-state index contributed by atoms with van der Waals surface area (Å²) in [6, 6.07) is 1.70. The maximum atomic E-state index is 11.9. The van der Waals surface area contributed by atoms with Crippen molar-refractivity contribution in [2.75, 3.05) is 6.61 Å². The Morgan fingerprint density at radius 1 is 1.29 bits per heavy atom. The third kappa shape index (κ3) is 3.98. The topological polar surface area (TPSA) is 56.3 Å². The SMILES string of the molecule is CCOC(=O)CCC(=O)c1ccncc1CC. The quantitative estimate of drug-likeness (QED) is 0.560. The molecule has 4 heteroatoms. The van der Waals surface area contributed by atoms with Crippen LogP contribution in [0, 0.1) is 0 Å². The zero-order chi connectivity index (χ0) is 12.7. The molecule has 0 aliphatic heterocycles. The number of carbonyl (C=O) groups excluding carboxylic acids is 2. The number of hydrogen-bond acceptors (Lipinski definition) is 4. The van der Waals surface area contributed by atoms with Crippen LogP contribution in [-0.2, 0) is 16.0 Å². The lowest BCUT2D eigenvalue weighted by Crippen LogP contribution is -2.09. The highest BCUT2D eigenvalue weighted by atomic mass is 16.5. The number of ketones is 1. The monoisotopic (exact) mass is 235 g/mol. The van der Waals surface area contributed by atoms with Crippen molar-refractivity contribution >= 4 is 11.8 Å². The highest BCUT2D eigenvalue weighted by molar-refractivity contribution is 5.98. The van der Waals surface area contributed by atoms with E-state index in [1.807, 2.05) is 6.92 Å². The molecule has 0 saturated heterocycles. The third-order valence-electron chi connectivity index (χ3n) is 2.45. The normalized spacial score (nSPS) is 10.0. The predicted molar refractivity (Wildman–Crippen MR) is 63.8 cm³/mol. The van der Waals surface area contributed by atoms with Gasteiger partial charge in [0.1, 0.15) is 0 Å². The highest BCUT2D eigenvalue weighted by Gasteiger charge is 2.12. The van der Waals surface area contributed by atoms with Gasteiger partial charge in [0.2, 0.25) is 0 Å². The van der Waals surface area contributed by atoms with Gasteiger partial charge >= 0.3 is 5.97 Å². The van der Waals surface area contributed by atoms with E-state index in [2.05, 4.69) is 4.98 Å². The first kappa shape index (κ1) is 13.4. The summed E-state index contributed by atoms with van der Waals surface area (Å²) >= 11 is 0. The first-order chi connectivity index (χ1) is 8.19. The molecule has 17 heavy (non-hydrogen) atoms. The summed E-state index contributed by atoms with van der Waals surface area (Å²) in [6.07, 6.45) is 4.37. The summed E-state index contributed by atoms with van der Waals surface area (Å²) in [7, 11) is 0. The number of hydrogen-bond donors (Lipinski definition) is 0. The molecule has 0 unspecified atom stereocenters. The molecule has 0 amide bonds. The van der Waals surface area contributed by atoms with Gasteiger partial charge in [0, 0.05) is 24.4 Å². The van der Waals surface area contributed by atoms with Gasteiger partial charge in [-0.1, -0.05) is 6.92 Å². The van der Waals surface area contributed by atoms with E-state index in [-0.39, 0.29) is 24.6 Å². The molecule has 0 radical (unpaired) electrons. The Labute approximate surface area is 101 Å². The first-order valence-electron chi connectivity index (χ1n) is 5.80. The van der Waals surface area contributed by atoms with Crippen molar-refractivity contribution in [3.8, 4) is 0 Å². The van der Waals surface area contributed by atoms with E-state index in [0.717, 1.165) is 12.0 Å². The number of aromatic nitrogens is 1. The maximum absolute atomic E-state index is 11.9. The van der Waals surface area contributed by atoms with Crippen molar-refractivity contribution in [3.05, 3.63) is 29.6 Å². The number of ether oxygens (including phenoxy) is 1. The number of rotatable bonds is 6. The Bertz CT molecular complexity index is 401. The molecule has 0 N–H and O–H groups in total. The van der Waals surface area contributed by atoms with E-state index < -0.39 is 0 Å². The van der Waals surface area contributed by atoms with Crippen LogP contribution in [-0.4, -0.2) is 23.3 Å². The molecule has 0 aromatic carbocycles. The van der Waals surface area contributed by atoms with Crippen LogP contribution in [0.3, 0.4) is 0 Å². The van der Waals surface area contributed by atoms with Gasteiger partial charge in [0.15, 0.2) is 5.78 Å². The number of Topliss-reactive ketones (excluding diaryl/α,β-unsaturated/α-hetero) is 1. The van der Waals surface area contributed by atoms with Crippen molar-refractivity contribution in [3.63, 3.8) is 0 Å². The van der Waals surface area contributed by atoms with E-state index in [1.165, 1.54) is 0 Å². The summed E-state index contributed by atoms with van der Waals surface area (Å²) in [5.74, 6) is -0.356. The summed E-state index contributed by atoms with van der Waals surface area (Å²) < 4.78 is 4.78. The molecule has 0 fully saturated rings. The first-order valence-corrected chi connectivity index (χ1v) is 5.80. The molecule has 0 saturated carbocycles. The molecule has 0 spiro atoms. The number of aryl methyl sites for hydroxylation is 1. The lowest BCUT2D eigenvalue weighted by molar-refractivity contribution is -0.143. The molecule has 92 valence electrons. The number of pyridine rings is 1. The van der Waals surface area contributed by atoms with E-state index in [1.54, 1.807) is 25.4 Å². The Morgan fingerprint density at radius 2 is 2.06 bits per heavy atom. The minimum atomic E-state index is -0.326. The van der Waals surface area contributed by atoms with Gasteiger partial charge in [0.05, 0.1) is 13.0 Å². The smallest absolute Gasteiger partial charge is 0.306 e. The molecule has 0 aliphatic rings. The Morgan fingerprint density at radius 3 is 2.71 bits per heavy atom. The van der Waals surface area contributed by atoms with Crippen LogP contribution < -0.4 is 0 Å². The van der Waals surface area contributed by atoms with Gasteiger partial charge in [-0.05, 0) is 25.0 Å². The number of nitrogens with zero attached hydrogens (tertiary/aromatic N) is 1. The fourth-order valence-corrected chi connectivity index (χ4v) is 1.56. The van der Waals surface area contributed by atoms with Crippen molar-refractivity contribution in [1.29, 1.82) is 0 Å². The average Bonchev–Trinajstić information content (AvgIpc) is 2.36. The third-order valence-corrected chi connectivity index (χ3v) is 2.45. The molecular weight excluding hydrogens is 218 g/mol. The molecule has 1 rings (SSSR count). The van der Waals surface area contributed by atoms with Crippen molar-refractivity contribution in [1.82, 2.24) is 4.98 Å². The second kappa shape index (κ2) is 6.78. The highest BCUT2D eigenvalue weighted by Crippen LogP contribution is 2.11. The zero-order valence-electron chi connectivity index (χ0n) is 10.2. The standard InChI is InChI=1S/C13H17NO3/c1-3-10-9-14-8-7-11(10)12(15)5-6-13(16)17-4-2/h7-9H,3-6H2,1-2H3. The molecular formula is C13H17NO3. The van der Waals surface area contributed by atoms with Crippen LogP contribution in [0.4, 0.5) is 0 Å². The van der Waals surface area contributed by atoms with Crippen LogP contribution >= 0.6 is 0 Å². The summed E-state index contributed by atoms with van der Waals surface area (Å²) in [6.45, 7) is 4.07. The Balaban J connectivity index is 2.61. The van der Waals surface area contributed by atoms with Crippen molar-refractivity contribution < 1.29 is 14.3 Å². The molecule has 4 nitrogen and oxygen atoms in total. The summed E-state index contributed by atoms with van der Waals surface area (Å²) in [5, 5.41) is 0. The van der Waals surface area contributed by atoms with Gasteiger partial charge < -0.3 is 4.74 Å². The molecule has 0 atom stereocenters. The van der Waals surface area contributed by atoms with Crippen molar-refractivity contribution in [2.24, 2.45) is 0 Å². The predicted octanol–water partition coefficient (Wildman–Crippen LogP) is 2.17. The van der Waals surface area contributed by atoms with Crippen LogP contribution in [0.15, 0.2) is 18.5 Å². The van der Waals surface area contributed by atoms with Gasteiger partial charge in [-0.25, -0.2) is 0 Å². The van der Waals surface area contributed by atoms with E-state index in [4.69, 9.17) is 4.74 Å². The second-order valence-corrected chi connectivity index (χ2v) is 3.61. The lowest BCUT2D eigenvalue weighted by Gasteiger charge is -2.05. The fourth-order valence-electron chi connectivity index (χ4n) is 1.56. The fraction of sp³-hybridized carbons (Fsp3) is 0.462. The van der Waals surface area contributed by atoms with Gasteiger partial charge in [-0.2, -0.15) is 0 Å². The minimum Gasteiger partial charge on any atom is -0.466 e. The second-order valence-electron chi connectivity index (χ2n) is 3.61. The van der Waals surface area contributed by atoms with Crippen molar-refractivity contribution in [2.45, 2.75) is 33.1 Å². The van der Waals surface area contributed by atoms with E-state index in [9.17, 15) is 9.59 Å². The molecule has 0 bridgehead atoms. The van der Waals surface area contributed by atoms with Crippen LogP contribution in [0.2, 0.25) is 0 Å². The molecule has 1 aromatic rings. The average molecular weight is 235 g/mol. The van der Waals surface area contributed by atoms with E-state index in [0.29, 0.717) is 12.2 Å². The molecule has 0 aliphatic carbocycles. The molecule has 1 heterocycles. The number of carbonyl (C=O) groups is 2. The summed E-state index contributed by atoms with van der Waals surface area (Å²) in [5.41, 5.74) is 1.58. The zero-order valence-corrected chi connectivity index (χ0v) is 10.2. The van der Waals surface area contributed by atoms with Gasteiger partial charge in [-0.15, -0.1) is 0 Å². The summed E-state index contributed by atoms with van der Waals surface area (Å²) in [4.78, 5) is 27.0. The van der Waals surface area contributed by atoms with E-state index >= 15 is 0 Å². The van der Waals surface area contributed by atoms with Gasteiger partial charge in [0.25, 0.3) is 0 Å². The lowest BCUT2D eigenvalue weighted by atomic mass is 10.0. The van der Waals surface area contributed by atoms with Gasteiger partial charge in [-0.3, -0.25) is 14.6 Å². The minimum absolute atomic E-state index is 0.0303. The Hall–Kier alpha value is -1.71. The van der Waals surface area contributed by atoms with Crippen LogP contribution in [0.5, 0.6) is 0 Å². The van der Waals surface area contributed by atoms with Crippen LogP contribution in [0.1, 0.15) is 42.6 Å². The number of esters is 1. The Kier molecular flexibility index (Phi) is 5.33.